The summed E-state index contributed by atoms with van der Waals surface area (Å²) in [6, 6.07) is 9.70. The highest BCUT2D eigenvalue weighted by atomic mass is 16.8. The van der Waals surface area contributed by atoms with Crippen molar-refractivity contribution in [3.05, 3.63) is 35.9 Å². The van der Waals surface area contributed by atoms with E-state index in [9.17, 15) is 10.2 Å². The topological polar surface area (TPSA) is 71.0 Å². The summed E-state index contributed by atoms with van der Waals surface area (Å²) in [4.78, 5) is 0. The van der Waals surface area contributed by atoms with E-state index in [-0.39, 0.29) is 18.8 Å². The molecule has 0 saturated carbocycles. The summed E-state index contributed by atoms with van der Waals surface area (Å²) in [5.74, 6) is -0.686. The lowest BCUT2D eigenvalue weighted by atomic mass is 9.96. The number of hydrogen-bond donors (Lipinski definition) is 3. The van der Waals surface area contributed by atoms with E-state index in [1.54, 1.807) is 0 Å². The highest BCUT2D eigenvalue weighted by Gasteiger charge is 2.46. The highest BCUT2D eigenvalue weighted by molar-refractivity contribution is 5.14. The molecule has 2 rings (SSSR count). The molecule has 196 valence electrons. The molecule has 5 nitrogen and oxygen atoms in total. The molecule has 0 unspecified atom stereocenters. The van der Waals surface area contributed by atoms with Gasteiger partial charge in [0, 0.05) is 6.54 Å². The van der Waals surface area contributed by atoms with Crippen molar-refractivity contribution in [3.63, 3.8) is 0 Å². The molecule has 0 bridgehead atoms. The summed E-state index contributed by atoms with van der Waals surface area (Å²) >= 11 is 0. The Morgan fingerprint density at radius 1 is 0.853 bits per heavy atom. The van der Waals surface area contributed by atoms with Crippen LogP contribution in [0.3, 0.4) is 0 Å². The van der Waals surface area contributed by atoms with Crippen LogP contribution in [0.4, 0.5) is 0 Å². The van der Waals surface area contributed by atoms with Gasteiger partial charge in [0.15, 0.2) is 5.79 Å². The molecule has 1 saturated heterocycles. The van der Waals surface area contributed by atoms with Gasteiger partial charge in [0.1, 0.15) is 6.10 Å². The predicted octanol–water partition coefficient (Wildman–Crippen LogP) is 6.11. The molecule has 1 aliphatic rings. The molecule has 5 heteroatoms. The van der Waals surface area contributed by atoms with Crippen molar-refractivity contribution in [1.82, 2.24) is 5.32 Å². The first kappa shape index (κ1) is 29.3. The molecular weight excluding hydrogens is 426 g/mol. The van der Waals surface area contributed by atoms with Crippen molar-refractivity contribution in [2.45, 2.75) is 141 Å². The zero-order valence-corrected chi connectivity index (χ0v) is 22.0. The number of ether oxygens (including phenoxy) is 2. The minimum absolute atomic E-state index is 0.0902. The van der Waals surface area contributed by atoms with Gasteiger partial charge in [0.2, 0.25) is 0 Å². The van der Waals surface area contributed by atoms with Crippen LogP contribution in [0.15, 0.2) is 30.3 Å². The smallest absolute Gasteiger partial charge is 0.163 e. The Kier molecular flexibility index (Phi) is 14.3. The van der Waals surface area contributed by atoms with Gasteiger partial charge in [0.05, 0.1) is 24.9 Å². The van der Waals surface area contributed by atoms with Crippen LogP contribution in [-0.4, -0.2) is 47.0 Å². The van der Waals surface area contributed by atoms with Crippen molar-refractivity contribution in [1.29, 1.82) is 0 Å². The molecule has 3 N–H and O–H groups in total. The van der Waals surface area contributed by atoms with Crippen LogP contribution in [-0.2, 0) is 16.0 Å². The molecule has 1 aliphatic heterocycles. The lowest BCUT2D eigenvalue weighted by Gasteiger charge is -2.31. The SMILES string of the molecule is CCCCCCCCCCCCCC[C@H]1OC(C)(C)O[C@@H]1[C@@H](NCc1ccccc1)[C@H](O)CO. The summed E-state index contributed by atoms with van der Waals surface area (Å²) in [5.41, 5.74) is 1.13. The van der Waals surface area contributed by atoms with Crippen molar-refractivity contribution in [3.8, 4) is 0 Å². The van der Waals surface area contributed by atoms with Gasteiger partial charge in [-0.2, -0.15) is 0 Å². The third kappa shape index (κ3) is 11.2. The second-order valence-electron chi connectivity index (χ2n) is 10.5. The quantitative estimate of drug-likeness (QED) is 0.210. The summed E-state index contributed by atoms with van der Waals surface area (Å²) in [6.07, 6.45) is 15.5. The molecule has 0 amide bonds. The Labute approximate surface area is 208 Å². The standard InChI is InChI=1S/C29H51NO4/c1-4-5-6-7-8-9-10-11-12-13-14-18-21-26-28(34-29(2,3)33-26)27(25(32)23-31)30-22-24-19-16-15-17-20-24/h15-17,19-20,25-28,30-32H,4-14,18,21-23H2,1-3H3/t25-,26-,27+,28+/m1/s1. The van der Waals surface area contributed by atoms with Crippen LogP contribution in [0.1, 0.15) is 110 Å². The van der Waals surface area contributed by atoms with Gasteiger partial charge in [-0.25, -0.2) is 0 Å². The fourth-order valence-electron chi connectivity index (χ4n) is 4.99. The van der Waals surface area contributed by atoms with E-state index in [1.807, 2.05) is 32.0 Å². The largest absolute Gasteiger partial charge is 0.394 e. The molecule has 1 fully saturated rings. The van der Waals surface area contributed by atoms with Gasteiger partial charge in [-0.1, -0.05) is 114 Å². The lowest BCUT2D eigenvalue weighted by Crippen LogP contribution is -2.53. The molecule has 1 aromatic carbocycles. The van der Waals surface area contributed by atoms with E-state index < -0.39 is 17.9 Å². The molecular formula is C29H51NO4. The highest BCUT2D eigenvalue weighted by Crippen LogP contribution is 2.33. The van der Waals surface area contributed by atoms with Crippen molar-refractivity contribution < 1.29 is 19.7 Å². The second-order valence-corrected chi connectivity index (χ2v) is 10.5. The van der Waals surface area contributed by atoms with Crippen molar-refractivity contribution in [2.75, 3.05) is 6.61 Å². The Hall–Kier alpha value is -0.980. The predicted molar refractivity (Wildman–Crippen MR) is 140 cm³/mol. The van der Waals surface area contributed by atoms with E-state index in [1.165, 1.54) is 70.6 Å². The maximum atomic E-state index is 10.6. The Morgan fingerprint density at radius 2 is 1.41 bits per heavy atom. The fraction of sp³-hybridized carbons (Fsp3) is 0.793. The number of benzene rings is 1. The van der Waals surface area contributed by atoms with E-state index in [0.717, 1.165) is 18.4 Å². The molecule has 0 spiro atoms. The number of aliphatic hydroxyl groups is 2. The van der Waals surface area contributed by atoms with Gasteiger partial charge in [-0.3, -0.25) is 0 Å². The van der Waals surface area contributed by atoms with Crippen LogP contribution in [0.5, 0.6) is 0 Å². The van der Waals surface area contributed by atoms with Gasteiger partial charge in [-0.05, 0) is 25.8 Å². The molecule has 1 heterocycles. The zero-order valence-electron chi connectivity index (χ0n) is 22.0. The van der Waals surface area contributed by atoms with E-state index in [4.69, 9.17) is 9.47 Å². The molecule has 1 aromatic rings. The third-order valence-electron chi connectivity index (χ3n) is 6.90. The molecule has 4 atom stereocenters. The summed E-state index contributed by atoms with van der Waals surface area (Å²) < 4.78 is 12.5. The Bertz CT molecular complexity index is 624. The minimum Gasteiger partial charge on any atom is -0.394 e. The third-order valence-corrected chi connectivity index (χ3v) is 6.90. The summed E-state index contributed by atoms with van der Waals surface area (Å²) in [6.45, 7) is 6.43. The van der Waals surface area contributed by atoms with Crippen LogP contribution >= 0.6 is 0 Å². The first-order chi connectivity index (χ1) is 16.5. The Balaban J connectivity index is 1.72. The molecule has 0 aliphatic carbocycles. The monoisotopic (exact) mass is 477 g/mol. The normalized spacial score (nSPS) is 21.6. The molecule has 34 heavy (non-hydrogen) atoms. The van der Waals surface area contributed by atoms with Crippen LogP contribution in [0, 0.1) is 0 Å². The second kappa shape index (κ2) is 16.6. The summed E-state index contributed by atoms with van der Waals surface area (Å²) in [5, 5.41) is 23.7. The first-order valence-electron chi connectivity index (χ1n) is 13.9. The van der Waals surface area contributed by atoms with E-state index in [0.29, 0.717) is 6.54 Å². The number of unbranched alkanes of at least 4 members (excludes halogenated alkanes) is 11. The first-order valence-corrected chi connectivity index (χ1v) is 13.9. The maximum absolute atomic E-state index is 10.6. The average Bonchev–Trinajstić information content (AvgIpc) is 3.14. The Morgan fingerprint density at radius 3 is 1.97 bits per heavy atom. The lowest BCUT2D eigenvalue weighted by molar-refractivity contribution is -0.152. The average molecular weight is 478 g/mol. The number of aliphatic hydroxyl groups excluding tert-OH is 2. The minimum atomic E-state index is -0.907. The zero-order chi connectivity index (χ0) is 24.7. The van der Waals surface area contributed by atoms with Gasteiger partial charge >= 0.3 is 0 Å². The fourth-order valence-corrected chi connectivity index (χ4v) is 4.99. The molecule has 0 radical (unpaired) electrons. The van der Waals surface area contributed by atoms with Gasteiger partial charge in [0.25, 0.3) is 0 Å². The van der Waals surface area contributed by atoms with Crippen LogP contribution in [0.2, 0.25) is 0 Å². The van der Waals surface area contributed by atoms with Gasteiger partial charge < -0.3 is 25.0 Å². The number of hydrogen-bond acceptors (Lipinski definition) is 5. The van der Waals surface area contributed by atoms with Crippen molar-refractivity contribution in [2.24, 2.45) is 0 Å². The van der Waals surface area contributed by atoms with Crippen LogP contribution < -0.4 is 5.32 Å². The number of nitrogens with one attached hydrogen (secondary N) is 1. The van der Waals surface area contributed by atoms with Crippen molar-refractivity contribution >= 4 is 0 Å². The van der Waals surface area contributed by atoms with E-state index in [2.05, 4.69) is 24.4 Å². The molecule has 0 aromatic heterocycles. The van der Waals surface area contributed by atoms with Crippen LogP contribution in [0.25, 0.3) is 0 Å². The van der Waals surface area contributed by atoms with E-state index >= 15 is 0 Å². The van der Waals surface area contributed by atoms with Gasteiger partial charge in [-0.15, -0.1) is 0 Å². The number of rotatable bonds is 19. The summed E-state index contributed by atoms with van der Waals surface area (Å²) in [7, 11) is 0. The maximum Gasteiger partial charge on any atom is 0.163 e.